The van der Waals surface area contributed by atoms with Crippen molar-refractivity contribution in [1.29, 1.82) is 0 Å². The number of hydrogen-bond donors (Lipinski definition) is 0. The van der Waals surface area contributed by atoms with Crippen molar-refractivity contribution >= 4 is 34.5 Å². The molecule has 128 valence electrons. The molecule has 2 heterocycles. The van der Waals surface area contributed by atoms with Crippen LogP contribution in [0.25, 0.3) is 10.9 Å². The standard InChI is InChI=1S/C16H19ClN4O3/c1-2-24-16(23)20-7-5-19(6-8-20)15(22)11-21-14-9-13(17)4-3-12(14)10-18-21/h3-4,9-10H,2,5-8,11H2,1H3. The van der Waals surface area contributed by atoms with Gasteiger partial charge in [-0.15, -0.1) is 0 Å². The third-order valence-corrected chi connectivity index (χ3v) is 4.29. The van der Waals surface area contributed by atoms with Crippen LogP contribution in [0.5, 0.6) is 0 Å². The lowest BCUT2D eigenvalue weighted by Gasteiger charge is -2.34. The van der Waals surface area contributed by atoms with Crippen LogP contribution in [0, 0.1) is 0 Å². The first-order valence-corrected chi connectivity index (χ1v) is 8.27. The van der Waals surface area contributed by atoms with Crippen LogP contribution in [0.1, 0.15) is 6.92 Å². The highest BCUT2D eigenvalue weighted by molar-refractivity contribution is 6.31. The van der Waals surface area contributed by atoms with Crippen LogP contribution in [0.4, 0.5) is 4.79 Å². The predicted molar refractivity (Wildman–Crippen MR) is 89.9 cm³/mol. The predicted octanol–water partition coefficient (Wildman–Crippen LogP) is 1.99. The lowest BCUT2D eigenvalue weighted by Crippen LogP contribution is -2.51. The number of ether oxygens (including phenoxy) is 1. The summed E-state index contributed by atoms with van der Waals surface area (Å²) in [6, 6.07) is 5.48. The van der Waals surface area contributed by atoms with Crippen LogP contribution in [0.2, 0.25) is 5.02 Å². The molecule has 0 saturated carbocycles. The smallest absolute Gasteiger partial charge is 0.409 e. The second kappa shape index (κ2) is 7.09. The molecule has 3 rings (SSSR count). The topological polar surface area (TPSA) is 67.7 Å². The number of halogens is 1. The summed E-state index contributed by atoms with van der Waals surface area (Å²) < 4.78 is 6.63. The van der Waals surface area contributed by atoms with Crippen LogP contribution >= 0.6 is 11.6 Å². The Balaban J connectivity index is 1.61. The second-order valence-corrected chi connectivity index (χ2v) is 6.01. The van der Waals surface area contributed by atoms with E-state index in [0.29, 0.717) is 37.8 Å². The fourth-order valence-electron chi connectivity index (χ4n) is 2.75. The number of carbonyl (C=O) groups is 2. The van der Waals surface area contributed by atoms with Gasteiger partial charge >= 0.3 is 6.09 Å². The number of nitrogens with zero attached hydrogens (tertiary/aromatic N) is 4. The number of fused-ring (bicyclic) bond motifs is 1. The molecule has 0 unspecified atom stereocenters. The molecule has 2 aromatic rings. The zero-order chi connectivity index (χ0) is 17.1. The van der Waals surface area contributed by atoms with E-state index in [9.17, 15) is 9.59 Å². The fourth-order valence-corrected chi connectivity index (χ4v) is 2.92. The van der Waals surface area contributed by atoms with Gasteiger partial charge < -0.3 is 14.5 Å². The maximum absolute atomic E-state index is 12.5. The first-order valence-electron chi connectivity index (χ1n) is 7.89. The zero-order valence-corrected chi connectivity index (χ0v) is 14.2. The molecule has 7 nitrogen and oxygen atoms in total. The van der Waals surface area contributed by atoms with Crippen LogP contribution in [-0.2, 0) is 16.1 Å². The summed E-state index contributed by atoms with van der Waals surface area (Å²) in [5.41, 5.74) is 0.834. The van der Waals surface area contributed by atoms with Crippen molar-refractivity contribution in [3.05, 3.63) is 29.4 Å². The molecule has 0 aliphatic carbocycles. The van der Waals surface area contributed by atoms with E-state index in [4.69, 9.17) is 16.3 Å². The number of piperazine rings is 1. The molecule has 1 saturated heterocycles. The van der Waals surface area contributed by atoms with Gasteiger partial charge in [0.25, 0.3) is 0 Å². The molecule has 8 heteroatoms. The first kappa shape index (κ1) is 16.6. The van der Waals surface area contributed by atoms with Crippen LogP contribution < -0.4 is 0 Å². The molecule has 0 spiro atoms. The van der Waals surface area contributed by atoms with Crippen molar-refractivity contribution < 1.29 is 14.3 Å². The van der Waals surface area contributed by atoms with Gasteiger partial charge in [0, 0.05) is 36.6 Å². The normalized spacial score (nSPS) is 14.9. The molecule has 24 heavy (non-hydrogen) atoms. The molecule has 2 amide bonds. The maximum atomic E-state index is 12.5. The van der Waals surface area contributed by atoms with E-state index in [-0.39, 0.29) is 18.5 Å². The maximum Gasteiger partial charge on any atom is 0.409 e. The summed E-state index contributed by atoms with van der Waals surface area (Å²) in [6.07, 6.45) is 1.40. The second-order valence-electron chi connectivity index (χ2n) is 5.57. The number of rotatable bonds is 3. The van der Waals surface area contributed by atoms with Crippen molar-refractivity contribution in [1.82, 2.24) is 19.6 Å². The summed E-state index contributed by atoms with van der Waals surface area (Å²) >= 11 is 6.02. The summed E-state index contributed by atoms with van der Waals surface area (Å²) in [4.78, 5) is 27.5. The van der Waals surface area contributed by atoms with Gasteiger partial charge in [0.15, 0.2) is 0 Å². The highest BCUT2D eigenvalue weighted by atomic mass is 35.5. The Labute approximate surface area is 144 Å². The van der Waals surface area contributed by atoms with Gasteiger partial charge in [-0.2, -0.15) is 5.10 Å². The molecule has 1 aromatic carbocycles. The molecular formula is C16H19ClN4O3. The third kappa shape index (κ3) is 3.46. The van der Waals surface area contributed by atoms with Crippen molar-refractivity contribution in [2.24, 2.45) is 0 Å². The third-order valence-electron chi connectivity index (χ3n) is 4.05. The van der Waals surface area contributed by atoms with Gasteiger partial charge in [-0.1, -0.05) is 11.6 Å². The highest BCUT2D eigenvalue weighted by Crippen LogP contribution is 2.19. The number of aromatic nitrogens is 2. The summed E-state index contributed by atoms with van der Waals surface area (Å²) in [5, 5.41) is 5.82. The summed E-state index contributed by atoms with van der Waals surface area (Å²) in [7, 11) is 0. The molecule has 0 bridgehead atoms. The number of hydrogen-bond acceptors (Lipinski definition) is 4. The lowest BCUT2D eigenvalue weighted by molar-refractivity contribution is -0.133. The minimum atomic E-state index is -0.322. The fraction of sp³-hybridized carbons (Fsp3) is 0.438. The van der Waals surface area contributed by atoms with Crippen molar-refractivity contribution in [3.8, 4) is 0 Å². The number of benzene rings is 1. The van der Waals surface area contributed by atoms with E-state index in [1.807, 2.05) is 6.07 Å². The SMILES string of the molecule is CCOC(=O)N1CCN(C(=O)Cn2ncc3ccc(Cl)cc32)CC1. The van der Waals surface area contributed by atoms with Crippen molar-refractivity contribution in [3.63, 3.8) is 0 Å². The minimum absolute atomic E-state index is 0.0246. The lowest BCUT2D eigenvalue weighted by atomic mass is 10.2. The Bertz CT molecular complexity index is 753. The van der Waals surface area contributed by atoms with Crippen molar-refractivity contribution in [2.45, 2.75) is 13.5 Å². The number of carbonyl (C=O) groups excluding carboxylic acids is 2. The minimum Gasteiger partial charge on any atom is -0.450 e. The largest absolute Gasteiger partial charge is 0.450 e. The van der Waals surface area contributed by atoms with Gasteiger partial charge in [-0.3, -0.25) is 9.48 Å². The quantitative estimate of drug-likeness (QED) is 0.849. The van der Waals surface area contributed by atoms with Crippen LogP contribution in [0.3, 0.4) is 0 Å². The van der Waals surface area contributed by atoms with Crippen molar-refractivity contribution in [2.75, 3.05) is 32.8 Å². The Morgan fingerprint density at radius 1 is 1.21 bits per heavy atom. The number of amides is 2. The van der Waals surface area contributed by atoms with Crippen LogP contribution in [0.15, 0.2) is 24.4 Å². The van der Waals surface area contributed by atoms with Gasteiger partial charge in [0.2, 0.25) is 5.91 Å². The van der Waals surface area contributed by atoms with Gasteiger partial charge in [-0.25, -0.2) is 4.79 Å². The average molecular weight is 351 g/mol. The van der Waals surface area contributed by atoms with Gasteiger partial charge in [0.1, 0.15) is 6.54 Å². The Morgan fingerprint density at radius 3 is 2.62 bits per heavy atom. The summed E-state index contributed by atoms with van der Waals surface area (Å²) in [5.74, 6) is -0.0246. The van der Waals surface area contributed by atoms with Crippen LogP contribution in [-0.4, -0.2) is 64.4 Å². The Kier molecular flexibility index (Phi) is 4.89. The van der Waals surface area contributed by atoms with E-state index >= 15 is 0 Å². The molecule has 0 radical (unpaired) electrons. The average Bonchev–Trinajstić information content (AvgIpc) is 2.97. The summed E-state index contributed by atoms with van der Waals surface area (Å²) in [6.45, 7) is 4.25. The van der Waals surface area contributed by atoms with Gasteiger partial charge in [0.05, 0.1) is 18.3 Å². The van der Waals surface area contributed by atoms with E-state index in [1.165, 1.54) is 0 Å². The molecule has 1 fully saturated rings. The Hall–Kier alpha value is -2.28. The Morgan fingerprint density at radius 2 is 1.92 bits per heavy atom. The van der Waals surface area contributed by atoms with E-state index in [1.54, 1.807) is 39.7 Å². The molecule has 1 aliphatic rings. The molecular weight excluding hydrogens is 332 g/mol. The molecule has 1 aromatic heterocycles. The monoisotopic (exact) mass is 350 g/mol. The zero-order valence-electron chi connectivity index (χ0n) is 13.4. The molecule has 1 aliphatic heterocycles. The molecule has 0 N–H and O–H groups in total. The first-order chi connectivity index (χ1) is 11.6. The van der Waals surface area contributed by atoms with E-state index in [0.717, 1.165) is 10.9 Å². The van der Waals surface area contributed by atoms with E-state index < -0.39 is 0 Å². The highest BCUT2D eigenvalue weighted by Gasteiger charge is 2.25. The van der Waals surface area contributed by atoms with E-state index in [2.05, 4.69) is 5.10 Å². The molecule has 0 atom stereocenters. The van der Waals surface area contributed by atoms with Gasteiger partial charge in [-0.05, 0) is 25.1 Å².